The molecule has 41 heavy (non-hydrogen) atoms. The number of aromatic hydroxyl groups is 1. The van der Waals surface area contributed by atoms with Crippen LogP contribution in [0, 0.1) is 13.8 Å². The van der Waals surface area contributed by atoms with Crippen LogP contribution in [0.5, 0.6) is 5.75 Å². The molecule has 0 aliphatic carbocycles. The van der Waals surface area contributed by atoms with Crippen molar-refractivity contribution in [3.8, 4) is 11.4 Å². The van der Waals surface area contributed by atoms with Crippen molar-refractivity contribution < 1.29 is 5.11 Å². The highest BCUT2D eigenvalue weighted by molar-refractivity contribution is 7.40. The van der Waals surface area contributed by atoms with Gasteiger partial charge in [0.1, 0.15) is 5.75 Å². The summed E-state index contributed by atoms with van der Waals surface area (Å²) in [6.45, 7) is 4.34. The Kier molecular flexibility index (Phi) is 4.45. The number of aromatic nitrogens is 1. The van der Waals surface area contributed by atoms with Gasteiger partial charge in [0.2, 0.25) is 0 Å². The summed E-state index contributed by atoms with van der Waals surface area (Å²) in [5.41, 5.74) is 6.27. The normalized spacial score (nSPS) is 12.7. The monoisotopic (exact) mass is 617 g/mol. The predicted molar refractivity (Wildman–Crippen MR) is 186 cm³/mol. The number of thiophene rings is 5. The van der Waals surface area contributed by atoms with E-state index in [1.54, 1.807) is 12.1 Å². The van der Waals surface area contributed by atoms with E-state index in [9.17, 15) is 5.11 Å². The second-order valence-corrected chi connectivity index (χ2v) is 16.1. The molecule has 6 heterocycles. The number of phenolic OH excluding ortho intramolecular Hbond substituents is 1. The van der Waals surface area contributed by atoms with E-state index < -0.39 is 0 Å². The van der Waals surface area contributed by atoms with Crippen molar-refractivity contribution in [2.75, 3.05) is 0 Å². The Balaban J connectivity index is 1.33. The highest BCUT2D eigenvalue weighted by atomic mass is 32.1. The molecule has 0 saturated carbocycles. The van der Waals surface area contributed by atoms with Gasteiger partial charge >= 0.3 is 0 Å². The largest absolute Gasteiger partial charge is 0.508 e. The lowest BCUT2D eigenvalue weighted by Crippen LogP contribution is -1.92. The number of hydrogen-bond acceptors (Lipinski definition) is 6. The van der Waals surface area contributed by atoms with E-state index in [0.717, 1.165) is 5.69 Å². The van der Waals surface area contributed by atoms with Crippen LogP contribution in [0.3, 0.4) is 0 Å². The van der Waals surface area contributed by atoms with Crippen LogP contribution in [-0.2, 0) is 0 Å². The van der Waals surface area contributed by atoms with E-state index in [0.29, 0.717) is 5.75 Å². The van der Waals surface area contributed by atoms with Crippen molar-refractivity contribution in [2.45, 2.75) is 13.8 Å². The molecule has 0 amide bonds. The van der Waals surface area contributed by atoms with Crippen LogP contribution in [0.15, 0.2) is 72.8 Å². The summed E-state index contributed by atoms with van der Waals surface area (Å²) in [5.74, 6) is 0.291. The first kappa shape index (κ1) is 23.1. The molecule has 1 N–H and O–H groups in total. The molecule has 0 spiro atoms. The predicted octanol–water partition coefficient (Wildman–Crippen LogP) is 12.3. The van der Waals surface area contributed by atoms with Gasteiger partial charge in [0.15, 0.2) is 0 Å². The number of rotatable bonds is 1. The molecule has 0 saturated heterocycles. The summed E-state index contributed by atoms with van der Waals surface area (Å²) in [5, 5.41) is 15.5. The first-order valence-corrected chi connectivity index (χ1v) is 17.5. The molecule has 2 nitrogen and oxygen atoms in total. The Hall–Kier alpha value is -3.46. The van der Waals surface area contributed by atoms with Crippen LogP contribution in [0.2, 0.25) is 0 Å². The molecule has 6 aromatic heterocycles. The first-order chi connectivity index (χ1) is 20.0. The molecular formula is C34H19NOS5. The number of hydrogen-bond donors (Lipinski definition) is 1. The average Bonchev–Trinajstić information content (AvgIpc) is 3.76. The van der Waals surface area contributed by atoms with Crippen LogP contribution in [0.1, 0.15) is 11.1 Å². The highest BCUT2D eigenvalue weighted by Gasteiger charge is 2.25. The number of nitrogens with zero attached hydrogens (tertiary/aromatic N) is 1. The third-order valence-electron chi connectivity index (χ3n) is 8.22. The molecule has 0 unspecified atom stereocenters. The van der Waals surface area contributed by atoms with Crippen molar-refractivity contribution in [2.24, 2.45) is 0 Å². The Labute approximate surface area is 253 Å². The molecule has 10 rings (SSSR count). The second kappa shape index (κ2) is 7.88. The van der Waals surface area contributed by atoms with Gasteiger partial charge in [-0.05, 0) is 73.5 Å². The third kappa shape index (κ3) is 3.00. The van der Waals surface area contributed by atoms with Gasteiger partial charge in [-0.15, -0.1) is 56.7 Å². The summed E-state index contributed by atoms with van der Waals surface area (Å²) in [7, 11) is 0. The van der Waals surface area contributed by atoms with Crippen molar-refractivity contribution in [1.82, 2.24) is 4.57 Å². The number of aryl methyl sites for hydroxylation is 2. The molecule has 4 aromatic carbocycles. The zero-order valence-corrected chi connectivity index (χ0v) is 25.9. The summed E-state index contributed by atoms with van der Waals surface area (Å²) in [6, 6.07) is 26.2. The molecule has 0 atom stereocenters. The lowest BCUT2D eigenvalue weighted by atomic mass is 10.2. The maximum Gasteiger partial charge on any atom is 0.115 e. The standard InChI is InChI=1S/C34H19NOS5/c1-15-3-9-19-23(11-15)39-32-27(19)35(17-5-7-18(36)8-6-17)28-33-31(41-34(28)32)22-14-25-21(13-26(22)40-33)30-29(38-25)20-10-4-16(2)12-24(20)37-30/h3-14,36H,1-2H3. The SMILES string of the molecule is Cc1ccc2c(c1)sc1c3cc4sc5c(sc6c7sc8cc(C)ccc8c7n(-c7ccc(O)cc7)c56)c4cc3sc21. The van der Waals surface area contributed by atoms with Crippen LogP contribution >= 0.6 is 56.7 Å². The molecule has 0 aliphatic heterocycles. The Morgan fingerprint density at radius 2 is 0.951 bits per heavy atom. The average molecular weight is 618 g/mol. The van der Waals surface area contributed by atoms with Crippen molar-refractivity contribution in [3.05, 3.63) is 83.9 Å². The molecule has 0 bridgehead atoms. The fourth-order valence-electron chi connectivity index (χ4n) is 6.34. The molecule has 10 aromatic rings. The van der Waals surface area contributed by atoms with Crippen LogP contribution in [0.4, 0.5) is 0 Å². The number of benzene rings is 4. The summed E-state index contributed by atoms with van der Waals surface area (Å²) in [6.07, 6.45) is 0. The smallest absolute Gasteiger partial charge is 0.115 e. The van der Waals surface area contributed by atoms with Gasteiger partial charge in [-0.1, -0.05) is 24.3 Å². The lowest BCUT2D eigenvalue weighted by Gasteiger charge is -2.07. The van der Waals surface area contributed by atoms with E-state index in [1.807, 2.05) is 68.8 Å². The van der Waals surface area contributed by atoms with Gasteiger partial charge in [-0.3, -0.25) is 0 Å². The van der Waals surface area contributed by atoms with Gasteiger partial charge < -0.3 is 9.67 Å². The molecule has 0 fully saturated rings. The molecule has 196 valence electrons. The molecule has 0 radical (unpaired) electrons. The Morgan fingerprint density at radius 3 is 1.63 bits per heavy atom. The molecule has 0 aliphatic rings. The van der Waals surface area contributed by atoms with E-state index in [-0.39, 0.29) is 0 Å². The maximum atomic E-state index is 10.1. The Bertz CT molecular complexity index is 2720. The van der Waals surface area contributed by atoms with Gasteiger partial charge in [-0.25, -0.2) is 0 Å². The first-order valence-electron chi connectivity index (χ1n) is 13.4. The zero-order chi connectivity index (χ0) is 27.1. The number of phenols is 1. The van der Waals surface area contributed by atoms with Crippen LogP contribution < -0.4 is 0 Å². The van der Waals surface area contributed by atoms with Crippen molar-refractivity contribution in [3.63, 3.8) is 0 Å². The van der Waals surface area contributed by atoms with Crippen LogP contribution in [-0.4, -0.2) is 9.67 Å². The van der Waals surface area contributed by atoms with Crippen molar-refractivity contribution in [1.29, 1.82) is 0 Å². The fraction of sp³-hybridized carbons (Fsp3) is 0.0588. The minimum Gasteiger partial charge on any atom is -0.508 e. The molecule has 7 heteroatoms. The highest BCUT2D eigenvalue weighted by Crippen LogP contribution is 2.54. The van der Waals surface area contributed by atoms with E-state index in [2.05, 4.69) is 66.9 Å². The fourth-order valence-corrected chi connectivity index (χ4v) is 13.3. The van der Waals surface area contributed by atoms with Gasteiger partial charge in [-0.2, -0.15) is 0 Å². The summed E-state index contributed by atoms with van der Waals surface area (Å²) >= 11 is 9.65. The maximum absolute atomic E-state index is 10.1. The van der Waals surface area contributed by atoms with E-state index >= 15 is 0 Å². The number of fused-ring (bicyclic) bond motifs is 14. The minimum atomic E-state index is 0.291. The quantitative estimate of drug-likeness (QED) is 0.195. The summed E-state index contributed by atoms with van der Waals surface area (Å²) in [4.78, 5) is 0. The molecular weight excluding hydrogens is 599 g/mol. The summed E-state index contributed by atoms with van der Waals surface area (Å²) < 4.78 is 16.2. The lowest BCUT2D eigenvalue weighted by molar-refractivity contribution is 0.475. The van der Waals surface area contributed by atoms with Gasteiger partial charge in [0.05, 0.1) is 39.2 Å². The van der Waals surface area contributed by atoms with E-state index in [4.69, 9.17) is 0 Å². The van der Waals surface area contributed by atoms with Crippen LogP contribution in [0.25, 0.3) is 85.3 Å². The third-order valence-corrected chi connectivity index (χ3v) is 14.5. The van der Waals surface area contributed by atoms with E-state index in [1.165, 1.54) is 90.7 Å². The Morgan fingerprint density at radius 1 is 0.463 bits per heavy atom. The zero-order valence-electron chi connectivity index (χ0n) is 21.9. The minimum absolute atomic E-state index is 0.291. The van der Waals surface area contributed by atoms with Crippen molar-refractivity contribution >= 4 is 136 Å². The van der Waals surface area contributed by atoms with Gasteiger partial charge in [0, 0.05) is 46.0 Å². The van der Waals surface area contributed by atoms with Gasteiger partial charge in [0.25, 0.3) is 0 Å². The topological polar surface area (TPSA) is 25.2 Å². The second-order valence-electron chi connectivity index (χ2n) is 10.9.